The summed E-state index contributed by atoms with van der Waals surface area (Å²) >= 11 is 0. The van der Waals surface area contributed by atoms with Gasteiger partial charge in [0, 0.05) is 6.20 Å². The van der Waals surface area contributed by atoms with Crippen molar-refractivity contribution in [3.63, 3.8) is 0 Å². The van der Waals surface area contributed by atoms with Crippen molar-refractivity contribution in [2.45, 2.75) is 20.0 Å². The second-order valence-electron chi connectivity index (χ2n) is 4.56. The molecule has 0 fully saturated rings. The van der Waals surface area contributed by atoms with Gasteiger partial charge in [-0.2, -0.15) is 5.10 Å². The van der Waals surface area contributed by atoms with Gasteiger partial charge >= 0.3 is 0 Å². The molecule has 1 aromatic carbocycles. The summed E-state index contributed by atoms with van der Waals surface area (Å²) in [5.74, 6) is 0.333. The molecule has 0 saturated heterocycles. The van der Waals surface area contributed by atoms with Gasteiger partial charge in [0.2, 0.25) is 0 Å². The molecule has 1 amide bonds. The third kappa shape index (κ3) is 4.72. The van der Waals surface area contributed by atoms with Gasteiger partial charge in [0.05, 0.1) is 11.9 Å². The number of hydrazone groups is 1. The summed E-state index contributed by atoms with van der Waals surface area (Å²) in [5, 5.41) is 3.85. The smallest absolute Gasteiger partial charge is 0.280 e. The zero-order chi connectivity index (χ0) is 15.1. The lowest BCUT2D eigenvalue weighted by Gasteiger charge is -2.12. The molecule has 0 spiro atoms. The van der Waals surface area contributed by atoms with Crippen LogP contribution in [-0.2, 0) is 4.79 Å². The summed E-state index contributed by atoms with van der Waals surface area (Å²) in [7, 11) is 0. The Morgan fingerprint density at radius 1 is 1.29 bits per heavy atom. The molecule has 1 N–H and O–H groups in total. The van der Waals surface area contributed by atoms with Crippen LogP contribution in [0.15, 0.2) is 53.8 Å². The van der Waals surface area contributed by atoms with Crippen LogP contribution >= 0.6 is 0 Å². The molecule has 0 aliphatic rings. The minimum atomic E-state index is -0.631. The highest BCUT2D eigenvalue weighted by Gasteiger charge is 2.13. The number of aromatic nitrogens is 1. The molecule has 1 heterocycles. The Labute approximate surface area is 123 Å². The number of aryl methyl sites for hydroxylation is 1. The molecule has 0 radical (unpaired) electrons. The molecular formula is C16H17N3O2. The van der Waals surface area contributed by atoms with Crippen molar-refractivity contribution in [2.24, 2.45) is 5.10 Å². The van der Waals surface area contributed by atoms with Crippen LogP contribution in [0.4, 0.5) is 0 Å². The van der Waals surface area contributed by atoms with E-state index in [0.717, 1.165) is 5.56 Å². The first-order valence-corrected chi connectivity index (χ1v) is 6.62. The van der Waals surface area contributed by atoms with Gasteiger partial charge in [0.1, 0.15) is 5.75 Å². The van der Waals surface area contributed by atoms with Crippen molar-refractivity contribution >= 4 is 12.1 Å². The summed E-state index contributed by atoms with van der Waals surface area (Å²) in [4.78, 5) is 15.9. The molecule has 2 aromatic rings. The fraction of sp³-hybridized carbons (Fsp3) is 0.188. The van der Waals surface area contributed by atoms with Crippen LogP contribution in [-0.4, -0.2) is 23.2 Å². The Bertz CT molecular complexity index is 609. The van der Waals surface area contributed by atoms with Gasteiger partial charge in [-0.25, -0.2) is 5.43 Å². The number of hydrogen-bond acceptors (Lipinski definition) is 4. The highest BCUT2D eigenvalue weighted by Crippen LogP contribution is 2.13. The van der Waals surface area contributed by atoms with E-state index in [-0.39, 0.29) is 5.91 Å². The first-order valence-electron chi connectivity index (χ1n) is 6.62. The van der Waals surface area contributed by atoms with Crippen molar-refractivity contribution in [3.05, 3.63) is 59.9 Å². The molecule has 1 atom stereocenters. The van der Waals surface area contributed by atoms with Gasteiger partial charge in [-0.05, 0) is 38.1 Å². The molecule has 5 nitrogen and oxygen atoms in total. The van der Waals surface area contributed by atoms with Crippen molar-refractivity contribution in [2.75, 3.05) is 0 Å². The predicted molar refractivity (Wildman–Crippen MR) is 81.2 cm³/mol. The normalized spacial score (nSPS) is 12.1. The van der Waals surface area contributed by atoms with Gasteiger partial charge in [-0.1, -0.05) is 23.8 Å². The number of carbonyl (C=O) groups is 1. The van der Waals surface area contributed by atoms with E-state index in [2.05, 4.69) is 15.5 Å². The van der Waals surface area contributed by atoms with Gasteiger partial charge in [0.25, 0.3) is 5.91 Å². The maximum absolute atomic E-state index is 11.8. The minimum Gasteiger partial charge on any atom is -0.481 e. The Hall–Kier alpha value is -2.69. The molecule has 2 rings (SSSR count). The highest BCUT2D eigenvalue weighted by molar-refractivity contribution is 5.83. The third-order valence-corrected chi connectivity index (χ3v) is 2.76. The topological polar surface area (TPSA) is 63.6 Å². The minimum absolute atomic E-state index is 0.317. The van der Waals surface area contributed by atoms with E-state index in [4.69, 9.17) is 4.74 Å². The molecule has 21 heavy (non-hydrogen) atoms. The van der Waals surface area contributed by atoms with E-state index in [1.54, 1.807) is 19.2 Å². The third-order valence-electron chi connectivity index (χ3n) is 2.76. The monoisotopic (exact) mass is 283 g/mol. The summed E-state index contributed by atoms with van der Waals surface area (Å²) in [6, 6.07) is 13.0. The molecule has 0 aliphatic heterocycles. The fourth-order valence-corrected chi connectivity index (χ4v) is 1.58. The van der Waals surface area contributed by atoms with Gasteiger partial charge in [0.15, 0.2) is 6.10 Å². The van der Waals surface area contributed by atoms with E-state index in [0.29, 0.717) is 11.4 Å². The predicted octanol–water partition coefficient (Wildman–Crippen LogP) is 2.31. The number of amides is 1. The van der Waals surface area contributed by atoms with Crippen LogP contribution in [0, 0.1) is 6.92 Å². The van der Waals surface area contributed by atoms with Crippen LogP contribution in [0.2, 0.25) is 0 Å². The second-order valence-corrected chi connectivity index (χ2v) is 4.56. The summed E-state index contributed by atoms with van der Waals surface area (Å²) < 4.78 is 5.53. The van der Waals surface area contributed by atoms with Crippen molar-refractivity contribution in [1.29, 1.82) is 0 Å². The van der Waals surface area contributed by atoms with Crippen LogP contribution in [0.5, 0.6) is 5.75 Å². The first-order chi connectivity index (χ1) is 10.1. The second kappa shape index (κ2) is 7.19. The van der Waals surface area contributed by atoms with Crippen molar-refractivity contribution < 1.29 is 9.53 Å². The number of nitrogens with one attached hydrogen (secondary N) is 1. The Balaban J connectivity index is 1.85. The van der Waals surface area contributed by atoms with Crippen molar-refractivity contribution in [3.8, 4) is 5.75 Å². The number of benzene rings is 1. The first kappa shape index (κ1) is 14.7. The zero-order valence-electron chi connectivity index (χ0n) is 12.0. The maximum atomic E-state index is 11.8. The summed E-state index contributed by atoms with van der Waals surface area (Å²) in [6.07, 6.45) is 2.51. The number of carbonyl (C=O) groups excluding carboxylic acids is 1. The summed E-state index contributed by atoms with van der Waals surface area (Å²) in [6.45, 7) is 3.66. The highest BCUT2D eigenvalue weighted by atomic mass is 16.5. The van der Waals surface area contributed by atoms with Crippen LogP contribution in [0.25, 0.3) is 0 Å². The molecule has 0 aliphatic carbocycles. The van der Waals surface area contributed by atoms with Gasteiger partial charge < -0.3 is 4.74 Å². The van der Waals surface area contributed by atoms with Crippen LogP contribution < -0.4 is 10.2 Å². The lowest BCUT2D eigenvalue weighted by atomic mass is 10.2. The number of pyridine rings is 1. The lowest BCUT2D eigenvalue weighted by Crippen LogP contribution is -2.33. The summed E-state index contributed by atoms with van der Waals surface area (Å²) in [5.41, 5.74) is 4.24. The quantitative estimate of drug-likeness (QED) is 0.676. The van der Waals surface area contributed by atoms with Gasteiger partial charge in [-0.3, -0.25) is 9.78 Å². The largest absolute Gasteiger partial charge is 0.481 e. The Kier molecular flexibility index (Phi) is 5.04. The fourth-order valence-electron chi connectivity index (χ4n) is 1.58. The van der Waals surface area contributed by atoms with E-state index in [1.807, 2.05) is 43.3 Å². The van der Waals surface area contributed by atoms with Crippen LogP contribution in [0.1, 0.15) is 18.2 Å². The van der Waals surface area contributed by atoms with E-state index >= 15 is 0 Å². The molecule has 0 bridgehead atoms. The average Bonchev–Trinajstić information content (AvgIpc) is 2.50. The SMILES string of the molecule is Cc1ccc(O[C@@H](C)C(=O)N/N=C\c2ccccn2)cc1. The zero-order valence-corrected chi connectivity index (χ0v) is 12.0. The van der Waals surface area contributed by atoms with Gasteiger partial charge in [-0.15, -0.1) is 0 Å². The number of ether oxygens (including phenoxy) is 1. The standard InChI is InChI=1S/C16H17N3O2/c1-12-6-8-15(9-7-12)21-13(2)16(20)19-18-11-14-5-3-4-10-17-14/h3-11,13H,1-2H3,(H,19,20)/b18-11-/t13-/m0/s1. The van der Waals surface area contributed by atoms with Crippen molar-refractivity contribution in [1.82, 2.24) is 10.4 Å². The molecule has 1 aromatic heterocycles. The van der Waals surface area contributed by atoms with E-state index in [9.17, 15) is 4.79 Å². The molecule has 0 saturated carbocycles. The average molecular weight is 283 g/mol. The number of nitrogens with zero attached hydrogens (tertiary/aromatic N) is 2. The molecule has 108 valence electrons. The molecule has 0 unspecified atom stereocenters. The number of rotatable bonds is 5. The maximum Gasteiger partial charge on any atom is 0.280 e. The molecule has 5 heteroatoms. The number of hydrogen-bond donors (Lipinski definition) is 1. The van der Waals surface area contributed by atoms with E-state index < -0.39 is 6.10 Å². The van der Waals surface area contributed by atoms with Crippen LogP contribution in [0.3, 0.4) is 0 Å². The Morgan fingerprint density at radius 3 is 2.71 bits per heavy atom. The molecular weight excluding hydrogens is 266 g/mol. The van der Waals surface area contributed by atoms with E-state index in [1.165, 1.54) is 6.21 Å². The Morgan fingerprint density at radius 2 is 2.05 bits per heavy atom. The lowest BCUT2D eigenvalue weighted by molar-refractivity contribution is -0.127.